The summed E-state index contributed by atoms with van der Waals surface area (Å²) in [4.78, 5) is 19.4. The molecule has 4 atom stereocenters. The fourth-order valence-electron chi connectivity index (χ4n) is 8.76. The first-order valence-electron chi connectivity index (χ1n) is 16.8. The van der Waals surface area contributed by atoms with Crippen LogP contribution >= 0.6 is 11.6 Å². The van der Waals surface area contributed by atoms with Crippen LogP contribution in [-0.2, 0) is 0 Å². The van der Waals surface area contributed by atoms with Crippen LogP contribution in [0.5, 0.6) is 6.01 Å². The Morgan fingerprint density at radius 3 is 2.48 bits per heavy atom. The van der Waals surface area contributed by atoms with Crippen molar-refractivity contribution >= 4 is 39.1 Å². The minimum atomic E-state index is -0.516. The summed E-state index contributed by atoms with van der Waals surface area (Å²) in [7, 11) is 0. The number of piperazine rings is 1. The first-order chi connectivity index (χ1) is 22.4. The van der Waals surface area contributed by atoms with Crippen LogP contribution in [0.1, 0.15) is 57.9 Å². The molecule has 6 heterocycles. The summed E-state index contributed by atoms with van der Waals surface area (Å²) in [6, 6.07) is 10.3. The largest absolute Gasteiger partial charge is 0.461 e. The normalized spacial score (nSPS) is 27.4. The third kappa shape index (κ3) is 4.90. The van der Waals surface area contributed by atoms with Crippen molar-refractivity contribution in [3.05, 3.63) is 52.9 Å². The molecule has 2 aromatic heterocycles. The van der Waals surface area contributed by atoms with Crippen LogP contribution in [0.15, 0.2) is 36.5 Å². The van der Waals surface area contributed by atoms with E-state index < -0.39 is 5.82 Å². The van der Waals surface area contributed by atoms with Crippen molar-refractivity contribution in [1.82, 2.24) is 25.2 Å². The Kier molecular flexibility index (Phi) is 7.55. The van der Waals surface area contributed by atoms with E-state index in [9.17, 15) is 0 Å². The number of terminal acetylenes is 1. The molecule has 4 saturated heterocycles. The highest BCUT2D eigenvalue weighted by Gasteiger charge is 2.51. The van der Waals surface area contributed by atoms with Crippen molar-refractivity contribution in [2.75, 3.05) is 37.7 Å². The van der Waals surface area contributed by atoms with Gasteiger partial charge >= 0.3 is 6.01 Å². The molecule has 4 aliphatic rings. The van der Waals surface area contributed by atoms with Gasteiger partial charge < -0.3 is 15.0 Å². The number of halogens is 2. The van der Waals surface area contributed by atoms with E-state index in [1.54, 1.807) is 12.3 Å². The van der Waals surface area contributed by atoms with Crippen LogP contribution in [0.4, 0.5) is 10.2 Å². The van der Waals surface area contributed by atoms with E-state index in [0.717, 1.165) is 57.2 Å². The number of rotatable bonds is 7. The van der Waals surface area contributed by atoms with Crippen LogP contribution in [0.3, 0.4) is 0 Å². The number of anilines is 1. The lowest BCUT2D eigenvalue weighted by Crippen LogP contribution is -2.51. The summed E-state index contributed by atoms with van der Waals surface area (Å²) in [5.41, 5.74) is 1.47. The van der Waals surface area contributed by atoms with Gasteiger partial charge in [-0.15, -0.1) is 6.42 Å². The third-order valence-electron chi connectivity index (χ3n) is 11.1. The maximum absolute atomic E-state index is 16.9. The van der Waals surface area contributed by atoms with Crippen molar-refractivity contribution in [3.8, 4) is 29.6 Å². The van der Waals surface area contributed by atoms with Crippen molar-refractivity contribution in [2.24, 2.45) is 11.8 Å². The number of nitrogens with one attached hydrogen (secondary N) is 1. The molecule has 0 amide bonds. The zero-order valence-electron chi connectivity index (χ0n) is 26.5. The molecule has 1 N–H and O–H groups in total. The van der Waals surface area contributed by atoms with Crippen molar-refractivity contribution in [1.29, 1.82) is 0 Å². The van der Waals surface area contributed by atoms with E-state index in [-0.39, 0.29) is 22.8 Å². The fraction of sp³-hybridized carbons (Fsp3) is 0.486. The minimum Gasteiger partial charge on any atom is -0.461 e. The highest BCUT2D eigenvalue weighted by molar-refractivity contribution is 6.33. The van der Waals surface area contributed by atoms with Gasteiger partial charge in [-0.3, -0.25) is 9.88 Å². The summed E-state index contributed by atoms with van der Waals surface area (Å²) >= 11 is 6.51. The van der Waals surface area contributed by atoms with Crippen LogP contribution in [-0.4, -0.2) is 70.3 Å². The third-order valence-corrected chi connectivity index (χ3v) is 11.5. The number of nitrogens with zero attached hydrogens (tertiary/aromatic N) is 5. The number of aromatic nitrogens is 3. The van der Waals surface area contributed by atoms with Crippen LogP contribution in [0.25, 0.3) is 32.9 Å². The minimum absolute atomic E-state index is 0.0240. The molecule has 2 unspecified atom stereocenters. The van der Waals surface area contributed by atoms with Crippen LogP contribution < -0.4 is 15.0 Å². The molecule has 2 aromatic carbocycles. The zero-order chi connectivity index (χ0) is 31.6. The molecular weight excluding hydrogens is 599 g/mol. The number of hydrogen-bond donors (Lipinski definition) is 1. The lowest BCUT2D eigenvalue weighted by atomic mass is 9.86. The summed E-state index contributed by atoms with van der Waals surface area (Å²) in [6.45, 7) is 8.89. The molecule has 238 valence electrons. The van der Waals surface area contributed by atoms with Gasteiger partial charge in [0, 0.05) is 55.4 Å². The maximum atomic E-state index is 16.9. The number of fused-ring (bicyclic) bond motifs is 5. The van der Waals surface area contributed by atoms with Gasteiger partial charge in [-0.1, -0.05) is 68.5 Å². The average molecular weight is 639 g/mol. The quantitative estimate of drug-likeness (QED) is 0.222. The highest BCUT2D eigenvalue weighted by Crippen LogP contribution is 2.46. The number of hydrogen-bond acceptors (Lipinski definition) is 7. The molecule has 0 radical (unpaired) electrons. The van der Waals surface area contributed by atoms with Gasteiger partial charge in [0.15, 0.2) is 5.82 Å². The summed E-state index contributed by atoms with van der Waals surface area (Å²) in [5, 5.41) is 6.29. The monoisotopic (exact) mass is 638 g/mol. The van der Waals surface area contributed by atoms with Crippen molar-refractivity contribution in [3.63, 3.8) is 0 Å². The van der Waals surface area contributed by atoms with Gasteiger partial charge in [-0.2, -0.15) is 9.97 Å². The highest BCUT2D eigenvalue weighted by atomic mass is 35.5. The topological polar surface area (TPSA) is 66.4 Å². The summed E-state index contributed by atoms with van der Waals surface area (Å²) in [5.74, 6) is 4.21. The second-order valence-electron chi connectivity index (χ2n) is 13.9. The first-order valence-corrected chi connectivity index (χ1v) is 17.2. The van der Waals surface area contributed by atoms with Gasteiger partial charge in [-0.25, -0.2) is 4.39 Å². The molecule has 4 aromatic rings. The lowest BCUT2D eigenvalue weighted by Gasteiger charge is -2.34. The SMILES string of the molecule is C#Cc1c(Cl)ccc2cccc(-c3ncc4c(N5C[C@H]6CC[C@@H](C5)N6)nc(OCC56CC(CC)CN5CC(CC)C6)nc4c3F)c12. The Hall–Kier alpha value is -3.51. The zero-order valence-corrected chi connectivity index (χ0v) is 27.3. The van der Waals surface area contributed by atoms with Crippen LogP contribution in [0, 0.1) is 30.0 Å². The summed E-state index contributed by atoms with van der Waals surface area (Å²) in [6.07, 6.45) is 14.4. The summed E-state index contributed by atoms with van der Waals surface area (Å²) < 4.78 is 23.5. The molecule has 0 aliphatic carbocycles. The molecule has 7 nitrogen and oxygen atoms in total. The van der Waals surface area contributed by atoms with E-state index >= 15 is 4.39 Å². The second kappa shape index (κ2) is 11.6. The molecule has 0 saturated carbocycles. The molecule has 8 rings (SSSR count). The Labute approximate surface area is 274 Å². The van der Waals surface area contributed by atoms with E-state index in [0.29, 0.717) is 63.3 Å². The second-order valence-corrected chi connectivity index (χ2v) is 14.3. The van der Waals surface area contributed by atoms with Gasteiger partial charge in [0.1, 0.15) is 23.6 Å². The standard InChI is InChI=1S/C37H40ClFN6O/c1-4-22-14-37(15-23(5-2)18-45(37)17-22)21-46-36-42-34-29(35(43-36)44-19-25-11-12-26(20-44)41-25)16-40-33(32(34)39)28-9-7-8-24-10-13-30(38)27(6-3)31(24)28/h3,7-10,13,16,22-23,25-26,41H,4-5,11-12,14-15,17-21H2,1-2H3/t22?,23?,25-,26+,37?. The smallest absolute Gasteiger partial charge is 0.319 e. The van der Waals surface area contributed by atoms with E-state index in [1.807, 2.05) is 24.3 Å². The molecular formula is C37H40ClFN6O. The molecule has 2 bridgehead atoms. The van der Waals surface area contributed by atoms with Crippen molar-refractivity contribution < 1.29 is 9.13 Å². The Morgan fingerprint density at radius 1 is 1.04 bits per heavy atom. The lowest BCUT2D eigenvalue weighted by molar-refractivity contribution is 0.107. The van der Waals surface area contributed by atoms with Gasteiger partial charge in [0.25, 0.3) is 0 Å². The van der Waals surface area contributed by atoms with Crippen molar-refractivity contribution in [2.45, 2.75) is 70.0 Å². The Bertz CT molecular complexity index is 1850. The average Bonchev–Trinajstić information content (AvgIpc) is 3.72. The van der Waals surface area contributed by atoms with Crippen LogP contribution in [0.2, 0.25) is 5.02 Å². The molecule has 4 fully saturated rings. The first kappa shape index (κ1) is 29.9. The molecule has 4 aliphatic heterocycles. The van der Waals surface area contributed by atoms with Gasteiger partial charge in [0.05, 0.1) is 21.5 Å². The predicted molar refractivity (Wildman–Crippen MR) is 182 cm³/mol. The van der Waals surface area contributed by atoms with E-state index in [1.165, 1.54) is 12.8 Å². The van der Waals surface area contributed by atoms with Gasteiger partial charge in [0.2, 0.25) is 0 Å². The molecule has 46 heavy (non-hydrogen) atoms. The predicted octanol–water partition coefficient (Wildman–Crippen LogP) is 6.84. The van der Waals surface area contributed by atoms with Gasteiger partial charge in [-0.05, 0) is 49.0 Å². The molecule has 0 spiro atoms. The Balaban J connectivity index is 1.24. The number of pyridine rings is 1. The van der Waals surface area contributed by atoms with E-state index in [2.05, 4.69) is 34.9 Å². The van der Waals surface area contributed by atoms with E-state index in [4.69, 9.17) is 37.7 Å². The Morgan fingerprint density at radius 2 is 1.78 bits per heavy atom. The maximum Gasteiger partial charge on any atom is 0.319 e. The molecule has 9 heteroatoms. The fourth-order valence-corrected chi connectivity index (χ4v) is 8.97. The number of ether oxygens (including phenoxy) is 1. The number of benzene rings is 2.